The Labute approximate surface area is 127 Å². The number of aromatic nitrogens is 1. The Morgan fingerprint density at radius 2 is 1.76 bits per heavy atom. The molecular weight excluding hydrogens is 264 g/mol. The minimum atomic E-state index is -0.124. The van der Waals surface area contributed by atoms with Gasteiger partial charge in [0.05, 0.1) is 11.9 Å². The van der Waals surface area contributed by atoms with Gasteiger partial charge in [0.15, 0.2) is 0 Å². The van der Waals surface area contributed by atoms with Crippen LogP contribution in [0.4, 0.5) is 5.69 Å². The van der Waals surface area contributed by atoms with Gasteiger partial charge in [-0.3, -0.25) is 10.6 Å². The van der Waals surface area contributed by atoms with Gasteiger partial charge in [-0.05, 0) is 18.6 Å². The molecule has 1 heterocycles. The fourth-order valence-corrected chi connectivity index (χ4v) is 2.16. The topological polar surface area (TPSA) is 80.0 Å². The number of hydrogen-bond donors (Lipinski definition) is 3. The van der Waals surface area contributed by atoms with Gasteiger partial charge in [-0.25, -0.2) is 4.98 Å². The van der Waals surface area contributed by atoms with Gasteiger partial charge in [0.25, 0.3) is 5.91 Å². The molecule has 4 N–H and O–H groups in total. The zero-order valence-electron chi connectivity index (χ0n) is 13.0. The van der Waals surface area contributed by atoms with Crippen LogP contribution < -0.4 is 16.6 Å². The van der Waals surface area contributed by atoms with E-state index in [1.807, 2.05) is 0 Å². The highest BCUT2D eigenvalue weighted by Gasteiger charge is 2.05. The molecule has 0 aliphatic rings. The van der Waals surface area contributed by atoms with Crippen molar-refractivity contribution in [3.63, 3.8) is 0 Å². The molecule has 1 aromatic rings. The van der Waals surface area contributed by atoms with Crippen molar-refractivity contribution in [1.82, 2.24) is 10.3 Å². The zero-order valence-corrected chi connectivity index (χ0v) is 13.0. The molecule has 0 radical (unpaired) electrons. The van der Waals surface area contributed by atoms with E-state index in [-0.39, 0.29) is 5.91 Å². The molecule has 0 bridgehead atoms. The molecule has 1 rings (SSSR count). The van der Waals surface area contributed by atoms with Crippen LogP contribution >= 0.6 is 0 Å². The molecule has 5 heteroatoms. The first-order valence-corrected chi connectivity index (χ1v) is 7.98. The van der Waals surface area contributed by atoms with E-state index in [9.17, 15) is 4.79 Å². The first kappa shape index (κ1) is 17.4. The summed E-state index contributed by atoms with van der Waals surface area (Å²) in [6.07, 6.45) is 11.7. The molecule has 0 saturated carbocycles. The summed E-state index contributed by atoms with van der Waals surface area (Å²) in [5.41, 5.74) is 3.60. The number of hydrazine groups is 1. The minimum Gasteiger partial charge on any atom is -0.351 e. The van der Waals surface area contributed by atoms with Crippen molar-refractivity contribution in [2.24, 2.45) is 5.84 Å². The first-order valence-electron chi connectivity index (χ1n) is 7.98. The quantitative estimate of drug-likeness (QED) is 0.332. The molecule has 21 heavy (non-hydrogen) atoms. The third kappa shape index (κ3) is 7.66. The number of hydrogen-bond acceptors (Lipinski definition) is 4. The lowest BCUT2D eigenvalue weighted by Crippen LogP contribution is -2.25. The number of carbonyl (C=O) groups is 1. The van der Waals surface area contributed by atoms with E-state index in [1.54, 1.807) is 18.3 Å². The molecule has 0 aliphatic carbocycles. The number of nitrogen functional groups attached to an aromatic ring is 1. The monoisotopic (exact) mass is 292 g/mol. The summed E-state index contributed by atoms with van der Waals surface area (Å²) in [6.45, 7) is 2.95. The molecule has 1 amide bonds. The highest BCUT2D eigenvalue weighted by Crippen LogP contribution is 2.08. The summed E-state index contributed by atoms with van der Waals surface area (Å²) in [7, 11) is 0. The van der Waals surface area contributed by atoms with Crippen molar-refractivity contribution in [2.75, 3.05) is 12.0 Å². The maximum atomic E-state index is 11.8. The van der Waals surface area contributed by atoms with E-state index in [4.69, 9.17) is 5.84 Å². The molecule has 0 fully saturated rings. The summed E-state index contributed by atoms with van der Waals surface area (Å²) in [4.78, 5) is 15.9. The molecule has 0 spiro atoms. The Kier molecular flexibility index (Phi) is 9.20. The third-order valence-corrected chi connectivity index (χ3v) is 3.48. The summed E-state index contributed by atoms with van der Waals surface area (Å²) in [6, 6.07) is 3.40. The molecule has 0 saturated heterocycles. The van der Waals surface area contributed by atoms with E-state index >= 15 is 0 Å². The average molecular weight is 292 g/mol. The van der Waals surface area contributed by atoms with E-state index in [0.717, 1.165) is 6.42 Å². The van der Waals surface area contributed by atoms with Crippen LogP contribution in [0.3, 0.4) is 0 Å². The SMILES string of the molecule is CCCCCCCCCCNC(=O)c1ccc(NN)cn1. The molecule has 0 atom stereocenters. The van der Waals surface area contributed by atoms with Gasteiger partial charge in [-0.2, -0.15) is 0 Å². The fourth-order valence-electron chi connectivity index (χ4n) is 2.16. The summed E-state index contributed by atoms with van der Waals surface area (Å²) in [5, 5.41) is 2.89. The highest BCUT2D eigenvalue weighted by atomic mass is 16.1. The van der Waals surface area contributed by atoms with Crippen molar-refractivity contribution < 1.29 is 4.79 Å². The van der Waals surface area contributed by atoms with Crippen LogP contribution in [0.5, 0.6) is 0 Å². The van der Waals surface area contributed by atoms with Crippen LogP contribution in [0.15, 0.2) is 18.3 Å². The maximum Gasteiger partial charge on any atom is 0.269 e. The Hall–Kier alpha value is -1.62. The van der Waals surface area contributed by atoms with Gasteiger partial charge in [-0.15, -0.1) is 0 Å². The Morgan fingerprint density at radius 1 is 1.10 bits per heavy atom. The van der Waals surface area contributed by atoms with Crippen LogP contribution in [0, 0.1) is 0 Å². The second-order valence-corrected chi connectivity index (χ2v) is 5.31. The molecule has 0 aliphatic heterocycles. The molecule has 0 unspecified atom stereocenters. The largest absolute Gasteiger partial charge is 0.351 e. The number of amides is 1. The van der Waals surface area contributed by atoms with Crippen molar-refractivity contribution in [3.05, 3.63) is 24.0 Å². The first-order chi connectivity index (χ1) is 10.3. The van der Waals surface area contributed by atoms with Crippen LogP contribution in [-0.2, 0) is 0 Å². The van der Waals surface area contributed by atoms with Gasteiger partial charge in [0.2, 0.25) is 0 Å². The average Bonchev–Trinajstić information content (AvgIpc) is 2.53. The molecule has 118 valence electrons. The van der Waals surface area contributed by atoms with Crippen molar-refractivity contribution in [1.29, 1.82) is 0 Å². The standard InChI is InChI=1S/C16H28N4O/c1-2-3-4-5-6-7-8-9-12-18-16(21)15-11-10-14(20-17)13-19-15/h10-11,13,20H,2-9,12,17H2,1H3,(H,18,21). The van der Waals surface area contributed by atoms with Gasteiger partial charge >= 0.3 is 0 Å². The van der Waals surface area contributed by atoms with E-state index < -0.39 is 0 Å². The van der Waals surface area contributed by atoms with Gasteiger partial charge in [-0.1, -0.05) is 51.9 Å². The van der Waals surface area contributed by atoms with Crippen LogP contribution in [-0.4, -0.2) is 17.4 Å². The maximum absolute atomic E-state index is 11.8. The number of nitrogens with two attached hydrogens (primary N) is 1. The lowest BCUT2D eigenvalue weighted by atomic mass is 10.1. The van der Waals surface area contributed by atoms with Crippen LogP contribution in [0.25, 0.3) is 0 Å². The van der Waals surface area contributed by atoms with Gasteiger partial charge in [0, 0.05) is 6.54 Å². The minimum absolute atomic E-state index is 0.124. The third-order valence-electron chi connectivity index (χ3n) is 3.48. The predicted molar refractivity (Wildman–Crippen MR) is 87.0 cm³/mol. The number of anilines is 1. The summed E-state index contributed by atoms with van der Waals surface area (Å²) in [5.74, 6) is 5.13. The number of nitrogens with zero attached hydrogens (tertiary/aromatic N) is 1. The number of pyridine rings is 1. The molecule has 0 aromatic carbocycles. The second kappa shape index (κ2) is 11.1. The predicted octanol–water partition coefficient (Wildman–Crippen LogP) is 3.24. The highest BCUT2D eigenvalue weighted by molar-refractivity contribution is 5.92. The van der Waals surface area contributed by atoms with Crippen molar-refractivity contribution >= 4 is 11.6 Å². The number of rotatable bonds is 11. The number of nitrogens with one attached hydrogen (secondary N) is 2. The molecule has 5 nitrogen and oxygen atoms in total. The second-order valence-electron chi connectivity index (χ2n) is 5.31. The lowest BCUT2D eigenvalue weighted by Gasteiger charge is -2.05. The molecule has 1 aromatic heterocycles. The van der Waals surface area contributed by atoms with Crippen LogP contribution in [0.2, 0.25) is 0 Å². The summed E-state index contributed by atoms with van der Waals surface area (Å²) >= 11 is 0. The normalized spacial score (nSPS) is 10.4. The molecular formula is C16H28N4O. The van der Waals surface area contributed by atoms with Crippen LogP contribution in [0.1, 0.15) is 68.8 Å². The van der Waals surface area contributed by atoms with E-state index in [1.165, 1.54) is 44.9 Å². The van der Waals surface area contributed by atoms with E-state index in [0.29, 0.717) is 17.9 Å². The smallest absolute Gasteiger partial charge is 0.269 e. The Morgan fingerprint density at radius 3 is 2.33 bits per heavy atom. The van der Waals surface area contributed by atoms with E-state index in [2.05, 4.69) is 22.7 Å². The number of unbranched alkanes of at least 4 members (excludes halogenated alkanes) is 7. The van der Waals surface area contributed by atoms with Crippen molar-refractivity contribution in [3.8, 4) is 0 Å². The lowest BCUT2D eigenvalue weighted by molar-refractivity contribution is 0.0948. The number of carbonyl (C=O) groups excluding carboxylic acids is 1. The van der Waals surface area contributed by atoms with Crippen molar-refractivity contribution in [2.45, 2.75) is 58.3 Å². The Balaban J connectivity index is 2.05. The zero-order chi connectivity index (χ0) is 15.3. The van der Waals surface area contributed by atoms with Gasteiger partial charge in [0.1, 0.15) is 5.69 Å². The van der Waals surface area contributed by atoms with Gasteiger partial charge < -0.3 is 10.7 Å². The Bertz CT molecular complexity index is 392. The fraction of sp³-hybridized carbons (Fsp3) is 0.625. The summed E-state index contributed by atoms with van der Waals surface area (Å²) < 4.78 is 0.